The lowest BCUT2D eigenvalue weighted by atomic mass is 10.1. The van der Waals surface area contributed by atoms with E-state index in [2.05, 4.69) is 72.8 Å². The highest BCUT2D eigenvalue weighted by Gasteiger charge is 2.22. The van der Waals surface area contributed by atoms with Crippen LogP contribution in [0.5, 0.6) is 0 Å². The number of aromatic nitrogens is 8. The van der Waals surface area contributed by atoms with E-state index in [4.69, 9.17) is 29.9 Å². The standard InChI is InChI=1S/C36H20N8S/c1-3-15-27-21(9-1)22-12-6-18-37-32(22)43(27)35-40-31(26-11-5-17-29-30(26)25-10-2-4-16-28(25)45-29)41-36(42-35)44-33-23(13-7-19-38-33)24-14-8-20-39-34(24)44/h1-20H. The topological polar surface area (TPSA) is 87.2 Å². The third-order valence-corrected chi connectivity index (χ3v) is 9.51. The molecule has 10 rings (SSSR count). The summed E-state index contributed by atoms with van der Waals surface area (Å²) in [6, 6.07) is 35.1. The number of hydrogen-bond donors (Lipinski definition) is 0. The van der Waals surface area contributed by atoms with Crippen molar-refractivity contribution in [1.29, 1.82) is 0 Å². The first-order valence-corrected chi connectivity index (χ1v) is 15.4. The van der Waals surface area contributed by atoms with Crippen LogP contribution in [0.3, 0.4) is 0 Å². The smallest absolute Gasteiger partial charge is 0.242 e. The summed E-state index contributed by atoms with van der Waals surface area (Å²) in [7, 11) is 0. The molecule has 0 radical (unpaired) electrons. The van der Waals surface area contributed by atoms with Crippen LogP contribution in [0.15, 0.2) is 122 Å². The van der Waals surface area contributed by atoms with Gasteiger partial charge < -0.3 is 0 Å². The molecule has 0 N–H and O–H groups in total. The predicted molar refractivity (Wildman–Crippen MR) is 180 cm³/mol. The molecule has 0 atom stereocenters. The second kappa shape index (κ2) is 9.22. The molecule has 0 bridgehead atoms. The summed E-state index contributed by atoms with van der Waals surface area (Å²) in [5.74, 6) is 1.47. The fourth-order valence-corrected chi connectivity index (χ4v) is 7.63. The van der Waals surface area contributed by atoms with Crippen LogP contribution in [0.4, 0.5) is 0 Å². The number of thiophene rings is 1. The van der Waals surface area contributed by atoms with Gasteiger partial charge in [-0.05, 0) is 54.6 Å². The second-order valence-electron chi connectivity index (χ2n) is 10.8. The Morgan fingerprint density at radius 3 is 1.73 bits per heavy atom. The van der Waals surface area contributed by atoms with Gasteiger partial charge in [0.15, 0.2) is 5.82 Å². The molecule has 7 heterocycles. The van der Waals surface area contributed by atoms with Gasteiger partial charge in [-0.15, -0.1) is 11.3 Å². The van der Waals surface area contributed by atoms with Crippen LogP contribution in [-0.2, 0) is 0 Å². The fourth-order valence-electron chi connectivity index (χ4n) is 6.49. The zero-order valence-electron chi connectivity index (χ0n) is 23.5. The van der Waals surface area contributed by atoms with Crippen molar-refractivity contribution in [2.75, 3.05) is 0 Å². The van der Waals surface area contributed by atoms with Crippen LogP contribution >= 0.6 is 11.3 Å². The van der Waals surface area contributed by atoms with Crippen LogP contribution in [0.25, 0.3) is 87.5 Å². The van der Waals surface area contributed by atoms with E-state index in [0.717, 1.165) is 55.0 Å². The average molecular weight is 597 g/mol. The van der Waals surface area contributed by atoms with Gasteiger partial charge in [-0.1, -0.05) is 48.5 Å². The van der Waals surface area contributed by atoms with Gasteiger partial charge in [-0.3, -0.25) is 4.57 Å². The van der Waals surface area contributed by atoms with Gasteiger partial charge in [0.05, 0.1) is 5.52 Å². The van der Waals surface area contributed by atoms with Crippen molar-refractivity contribution in [1.82, 2.24) is 39.0 Å². The molecule has 0 aliphatic carbocycles. The van der Waals surface area contributed by atoms with Crippen molar-refractivity contribution in [2.45, 2.75) is 0 Å². The number of rotatable bonds is 3. The first-order chi connectivity index (χ1) is 22.3. The molecule has 10 aromatic rings. The van der Waals surface area contributed by atoms with Gasteiger partial charge in [0, 0.05) is 65.9 Å². The number of pyridine rings is 3. The number of benzene rings is 3. The maximum Gasteiger partial charge on any atom is 0.242 e. The van der Waals surface area contributed by atoms with Crippen LogP contribution < -0.4 is 0 Å². The fraction of sp³-hybridized carbons (Fsp3) is 0. The Morgan fingerprint density at radius 2 is 1.00 bits per heavy atom. The molecular weight excluding hydrogens is 577 g/mol. The quantitative estimate of drug-likeness (QED) is 0.204. The maximum absolute atomic E-state index is 5.20. The Labute approximate surface area is 258 Å². The molecule has 7 aromatic heterocycles. The highest BCUT2D eigenvalue weighted by atomic mass is 32.1. The summed E-state index contributed by atoms with van der Waals surface area (Å²) in [5, 5.41) is 6.37. The largest absolute Gasteiger partial charge is 0.262 e. The highest BCUT2D eigenvalue weighted by Crippen LogP contribution is 2.40. The van der Waals surface area contributed by atoms with Crippen LogP contribution in [0, 0.1) is 0 Å². The number of nitrogens with zero attached hydrogens (tertiary/aromatic N) is 8. The van der Waals surface area contributed by atoms with Gasteiger partial charge in [0.2, 0.25) is 11.9 Å². The lowest BCUT2D eigenvalue weighted by Crippen LogP contribution is -2.11. The predicted octanol–water partition coefficient (Wildman–Crippen LogP) is 8.29. The second-order valence-corrected chi connectivity index (χ2v) is 11.9. The van der Waals surface area contributed by atoms with Gasteiger partial charge in [0.1, 0.15) is 16.9 Å². The molecule has 0 aliphatic rings. The van der Waals surface area contributed by atoms with E-state index in [-0.39, 0.29) is 0 Å². The molecular formula is C36H20N8S. The summed E-state index contributed by atoms with van der Waals surface area (Å²) >= 11 is 1.77. The Balaban J connectivity index is 1.36. The monoisotopic (exact) mass is 596 g/mol. The first-order valence-electron chi connectivity index (χ1n) is 14.6. The normalized spacial score (nSPS) is 12.0. The van der Waals surface area contributed by atoms with Crippen molar-refractivity contribution in [3.63, 3.8) is 0 Å². The summed E-state index contributed by atoms with van der Waals surface area (Å²) in [4.78, 5) is 29.9. The van der Waals surface area contributed by atoms with Crippen molar-refractivity contribution >= 4 is 75.5 Å². The van der Waals surface area contributed by atoms with Crippen LogP contribution in [0.1, 0.15) is 0 Å². The molecule has 9 heteroatoms. The number of para-hydroxylation sites is 1. The number of fused-ring (bicyclic) bond motifs is 9. The van der Waals surface area contributed by atoms with Gasteiger partial charge in [-0.25, -0.2) is 19.5 Å². The third-order valence-electron chi connectivity index (χ3n) is 8.38. The van der Waals surface area contributed by atoms with E-state index in [0.29, 0.717) is 17.7 Å². The lowest BCUT2D eigenvalue weighted by Gasteiger charge is -2.12. The lowest BCUT2D eigenvalue weighted by molar-refractivity contribution is 0.880. The van der Waals surface area contributed by atoms with Crippen LogP contribution in [-0.4, -0.2) is 39.0 Å². The summed E-state index contributed by atoms with van der Waals surface area (Å²) in [6.45, 7) is 0. The van der Waals surface area contributed by atoms with Gasteiger partial charge in [-0.2, -0.15) is 15.0 Å². The average Bonchev–Trinajstić information content (AvgIpc) is 3.76. The van der Waals surface area contributed by atoms with Crippen molar-refractivity contribution in [2.24, 2.45) is 0 Å². The summed E-state index contributed by atoms with van der Waals surface area (Å²) in [5.41, 5.74) is 4.14. The van der Waals surface area contributed by atoms with E-state index in [9.17, 15) is 0 Å². The zero-order valence-corrected chi connectivity index (χ0v) is 24.3. The molecule has 0 unspecified atom stereocenters. The third kappa shape index (κ3) is 3.46. The van der Waals surface area contributed by atoms with E-state index >= 15 is 0 Å². The molecule has 3 aromatic carbocycles. The molecule has 0 spiro atoms. The zero-order chi connectivity index (χ0) is 29.5. The maximum atomic E-state index is 5.20. The minimum absolute atomic E-state index is 0.436. The van der Waals surface area contributed by atoms with Crippen LogP contribution in [0.2, 0.25) is 0 Å². The molecule has 45 heavy (non-hydrogen) atoms. The number of hydrogen-bond acceptors (Lipinski definition) is 7. The first kappa shape index (κ1) is 24.4. The van der Waals surface area contributed by atoms with Gasteiger partial charge in [0.25, 0.3) is 0 Å². The van der Waals surface area contributed by atoms with E-state index < -0.39 is 0 Å². The Kier molecular flexibility index (Phi) is 5.00. The van der Waals surface area contributed by atoms with Crippen molar-refractivity contribution in [3.05, 3.63) is 122 Å². The molecule has 0 saturated heterocycles. The SMILES string of the molecule is c1ccc2c(c1)sc1cccc(-c3nc(-n4c5ccccc5c5cccnc54)nc(-n4c5ncccc5c5cccnc54)n3)c12. The van der Waals surface area contributed by atoms with Crippen molar-refractivity contribution in [3.8, 4) is 23.3 Å². The molecule has 0 fully saturated rings. The molecule has 8 nitrogen and oxygen atoms in total. The summed E-state index contributed by atoms with van der Waals surface area (Å²) in [6.07, 6.45) is 5.38. The summed E-state index contributed by atoms with van der Waals surface area (Å²) < 4.78 is 6.36. The molecule has 0 aliphatic heterocycles. The Hall–Kier alpha value is -6.06. The highest BCUT2D eigenvalue weighted by molar-refractivity contribution is 7.25. The Bertz CT molecular complexity index is 2550. The Morgan fingerprint density at radius 1 is 0.444 bits per heavy atom. The molecule has 0 saturated carbocycles. The van der Waals surface area contributed by atoms with E-state index in [1.165, 1.54) is 14.8 Å². The minimum atomic E-state index is 0.436. The van der Waals surface area contributed by atoms with Crippen molar-refractivity contribution < 1.29 is 0 Å². The van der Waals surface area contributed by atoms with E-state index in [1.54, 1.807) is 29.9 Å². The van der Waals surface area contributed by atoms with Gasteiger partial charge >= 0.3 is 0 Å². The molecule has 0 amide bonds. The van der Waals surface area contributed by atoms with E-state index in [1.807, 2.05) is 39.5 Å². The minimum Gasteiger partial charge on any atom is -0.262 e. The molecule has 210 valence electrons.